The van der Waals surface area contributed by atoms with Gasteiger partial charge in [0.05, 0.1) is 5.52 Å². The minimum Gasteiger partial charge on any atom is -0.384 e. The van der Waals surface area contributed by atoms with Crippen molar-refractivity contribution in [3.8, 4) is 11.1 Å². The van der Waals surface area contributed by atoms with Gasteiger partial charge in [0.25, 0.3) is 0 Å². The standard InChI is InChI=1S/C16H17N5O/c1-2-3-15(22)19-16-12-6-4-10(8-13(12)20-21-16)11-5-7-14(17)18-9-11/h4-9H,2-3H2,1H3,(H2,17,18)(H2,19,20,21,22). The molecule has 2 heterocycles. The number of nitrogen functional groups attached to an aromatic ring is 1. The first-order valence-electron chi connectivity index (χ1n) is 7.17. The zero-order chi connectivity index (χ0) is 15.5. The molecular formula is C16H17N5O. The quantitative estimate of drug-likeness (QED) is 0.689. The van der Waals surface area contributed by atoms with Gasteiger partial charge in [0, 0.05) is 23.6 Å². The van der Waals surface area contributed by atoms with Crippen LogP contribution in [0.15, 0.2) is 36.5 Å². The maximum atomic E-state index is 11.7. The van der Waals surface area contributed by atoms with Crippen molar-refractivity contribution >= 4 is 28.4 Å². The van der Waals surface area contributed by atoms with Gasteiger partial charge in [0.1, 0.15) is 5.82 Å². The first-order valence-corrected chi connectivity index (χ1v) is 7.17. The van der Waals surface area contributed by atoms with Crippen molar-refractivity contribution in [3.05, 3.63) is 36.5 Å². The van der Waals surface area contributed by atoms with Gasteiger partial charge in [-0.15, -0.1) is 0 Å². The minimum atomic E-state index is -0.0253. The van der Waals surface area contributed by atoms with E-state index in [0.717, 1.165) is 28.5 Å². The average molecular weight is 295 g/mol. The number of nitrogens with two attached hydrogens (primary N) is 1. The van der Waals surface area contributed by atoms with Crippen molar-refractivity contribution in [2.75, 3.05) is 11.1 Å². The second-order valence-electron chi connectivity index (χ2n) is 5.10. The van der Waals surface area contributed by atoms with Gasteiger partial charge in [0.2, 0.25) is 5.91 Å². The van der Waals surface area contributed by atoms with Gasteiger partial charge in [0.15, 0.2) is 5.82 Å². The summed E-state index contributed by atoms with van der Waals surface area (Å²) < 4.78 is 0. The predicted octanol–water partition coefficient (Wildman–Crippen LogP) is 2.95. The van der Waals surface area contributed by atoms with E-state index < -0.39 is 0 Å². The second kappa shape index (κ2) is 5.85. The van der Waals surface area contributed by atoms with Crippen molar-refractivity contribution < 1.29 is 4.79 Å². The van der Waals surface area contributed by atoms with Gasteiger partial charge < -0.3 is 11.1 Å². The Hall–Kier alpha value is -2.89. The Morgan fingerprint density at radius 1 is 1.27 bits per heavy atom. The fourth-order valence-electron chi connectivity index (χ4n) is 2.29. The molecule has 0 fully saturated rings. The van der Waals surface area contributed by atoms with Gasteiger partial charge in [-0.2, -0.15) is 5.10 Å². The van der Waals surface area contributed by atoms with Crippen LogP contribution in [0.5, 0.6) is 0 Å². The van der Waals surface area contributed by atoms with Crippen LogP contribution in [0.2, 0.25) is 0 Å². The van der Waals surface area contributed by atoms with E-state index in [0.29, 0.717) is 18.1 Å². The summed E-state index contributed by atoms with van der Waals surface area (Å²) in [6.07, 6.45) is 3.03. The van der Waals surface area contributed by atoms with Gasteiger partial charge in [-0.25, -0.2) is 4.98 Å². The Labute approximate surface area is 127 Å². The molecule has 6 nitrogen and oxygen atoms in total. The third-order valence-electron chi connectivity index (χ3n) is 3.42. The SMILES string of the molecule is CCCC(=O)Nc1n[nH]c2cc(-c3ccc(N)nc3)ccc12. The number of carbonyl (C=O) groups is 1. The third-order valence-corrected chi connectivity index (χ3v) is 3.42. The first-order chi connectivity index (χ1) is 10.7. The number of H-pyrrole nitrogens is 1. The lowest BCUT2D eigenvalue weighted by Gasteiger charge is -2.03. The fourth-order valence-corrected chi connectivity index (χ4v) is 2.29. The molecule has 0 bridgehead atoms. The summed E-state index contributed by atoms with van der Waals surface area (Å²) in [5.74, 6) is 1.03. The Kier molecular flexibility index (Phi) is 3.74. The molecule has 1 aromatic carbocycles. The minimum absolute atomic E-state index is 0.0253. The monoisotopic (exact) mass is 295 g/mol. The smallest absolute Gasteiger partial charge is 0.225 e. The van der Waals surface area contributed by atoms with E-state index in [1.807, 2.05) is 31.2 Å². The molecular weight excluding hydrogens is 278 g/mol. The van der Waals surface area contributed by atoms with Crippen molar-refractivity contribution in [1.82, 2.24) is 15.2 Å². The highest BCUT2D eigenvalue weighted by atomic mass is 16.1. The molecule has 22 heavy (non-hydrogen) atoms. The third kappa shape index (κ3) is 2.76. The number of pyridine rings is 1. The lowest BCUT2D eigenvalue weighted by atomic mass is 10.1. The molecule has 0 saturated carbocycles. The zero-order valence-electron chi connectivity index (χ0n) is 12.3. The lowest BCUT2D eigenvalue weighted by Crippen LogP contribution is -2.10. The molecule has 0 aliphatic heterocycles. The highest BCUT2D eigenvalue weighted by Gasteiger charge is 2.10. The van der Waals surface area contributed by atoms with Crippen molar-refractivity contribution in [1.29, 1.82) is 0 Å². The largest absolute Gasteiger partial charge is 0.384 e. The van der Waals surface area contributed by atoms with Crippen LogP contribution in [0.25, 0.3) is 22.0 Å². The van der Waals surface area contributed by atoms with Crippen LogP contribution in [-0.2, 0) is 4.79 Å². The van der Waals surface area contributed by atoms with E-state index in [-0.39, 0.29) is 5.91 Å². The molecule has 0 saturated heterocycles. The van der Waals surface area contributed by atoms with E-state index in [9.17, 15) is 4.79 Å². The molecule has 0 spiro atoms. The summed E-state index contributed by atoms with van der Waals surface area (Å²) in [5.41, 5.74) is 8.45. The fraction of sp³-hybridized carbons (Fsp3) is 0.188. The number of hydrogen-bond donors (Lipinski definition) is 3. The van der Waals surface area contributed by atoms with Crippen LogP contribution in [-0.4, -0.2) is 21.1 Å². The summed E-state index contributed by atoms with van der Waals surface area (Å²) >= 11 is 0. The Morgan fingerprint density at radius 3 is 2.82 bits per heavy atom. The predicted molar refractivity (Wildman–Crippen MR) is 87.3 cm³/mol. The number of rotatable bonds is 4. The normalized spacial score (nSPS) is 10.8. The maximum absolute atomic E-state index is 11.7. The first kappa shape index (κ1) is 14.1. The van der Waals surface area contributed by atoms with Crippen LogP contribution in [0.3, 0.4) is 0 Å². The number of aromatic nitrogens is 3. The zero-order valence-corrected chi connectivity index (χ0v) is 12.3. The average Bonchev–Trinajstić information content (AvgIpc) is 2.90. The number of amides is 1. The summed E-state index contributed by atoms with van der Waals surface area (Å²) in [7, 11) is 0. The number of aromatic amines is 1. The molecule has 4 N–H and O–H groups in total. The molecule has 0 radical (unpaired) electrons. The van der Waals surface area contributed by atoms with Crippen LogP contribution < -0.4 is 11.1 Å². The van der Waals surface area contributed by atoms with E-state index >= 15 is 0 Å². The van der Waals surface area contributed by atoms with Gasteiger partial charge >= 0.3 is 0 Å². The molecule has 6 heteroatoms. The number of benzene rings is 1. The summed E-state index contributed by atoms with van der Waals surface area (Å²) in [6, 6.07) is 9.57. The Bertz CT molecular complexity index is 807. The van der Waals surface area contributed by atoms with Crippen molar-refractivity contribution in [3.63, 3.8) is 0 Å². The van der Waals surface area contributed by atoms with Crippen LogP contribution in [0.1, 0.15) is 19.8 Å². The van der Waals surface area contributed by atoms with E-state index in [1.165, 1.54) is 0 Å². The number of fused-ring (bicyclic) bond motifs is 1. The van der Waals surface area contributed by atoms with E-state index in [1.54, 1.807) is 12.3 Å². The molecule has 0 aliphatic rings. The summed E-state index contributed by atoms with van der Waals surface area (Å²) in [4.78, 5) is 15.8. The van der Waals surface area contributed by atoms with Crippen LogP contribution in [0.4, 0.5) is 11.6 Å². The molecule has 3 rings (SSSR count). The van der Waals surface area contributed by atoms with Crippen LogP contribution in [0, 0.1) is 0 Å². The number of hydrogen-bond acceptors (Lipinski definition) is 4. The number of carbonyl (C=O) groups excluding carboxylic acids is 1. The molecule has 0 unspecified atom stereocenters. The number of nitrogens with zero attached hydrogens (tertiary/aromatic N) is 2. The molecule has 1 amide bonds. The molecule has 112 valence electrons. The summed E-state index contributed by atoms with van der Waals surface area (Å²) in [5, 5.41) is 10.8. The molecule has 0 atom stereocenters. The van der Waals surface area contributed by atoms with E-state index in [4.69, 9.17) is 5.73 Å². The maximum Gasteiger partial charge on any atom is 0.225 e. The van der Waals surface area contributed by atoms with Gasteiger partial charge in [-0.1, -0.05) is 13.0 Å². The van der Waals surface area contributed by atoms with Crippen LogP contribution >= 0.6 is 0 Å². The highest BCUT2D eigenvalue weighted by Crippen LogP contribution is 2.27. The number of anilines is 2. The molecule has 3 aromatic rings. The van der Waals surface area contributed by atoms with E-state index in [2.05, 4.69) is 20.5 Å². The molecule has 0 aliphatic carbocycles. The second-order valence-corrected chi connectivity index (χ2v) is 5.10. The Balaban J connectivity index is 1.92. The highest BCUT2D eigenvalue weighted by molar-refractivity contribution is 6.00. The number of nitrogens with one attached hydrogen (secondary N) is 2. The van der Waals surface area contributed by atoms with Crippen molar-refractivity contribution in [2.45, 2.75) is 19.8 Å². The van der Waals surface area contributed by atoms with Gasteiger partial charge in [-0.3, -0.25) is 9.89 Å². The lowest BCUT2D eigenvalue weighted by molar-refractivity contribution is -0.116. The topological polar surface area (TPSA) is 96.7 Å². The van der Waals surface area contributed by atoms with Gasteiger partial charge in [-0.05, 0) is 36.2 Å². The molecule has 2 aromatic heterocycles. The van der Waals surface area contributed by atoms with Crippen molar-refractivity contribution in [2.24, 2.45) is 0 Å². The summed E-state index contributed by atoms with van der Waals surface area (Å²) in [6.45, 7) is 1.97. The Morgan fingerprint density at radius 2 is 2.09 bits per heavy atom.